The second-order valence-electron chi connectivity index (χ2n) is 12.6. The number of azo groups is 1. The maximum absolute atomic E-state index is 15.8. The van der Waals surface area contributed by atoms with Crippen molar-refractivity contribution in [1.82, 2.24) is 58.5 Å². The normalized spacial score (nSPS) is 14.6. The molecule has 41 heavy (non-hydrogen) atoms. The van der Waals surface area contributed by atoms with Crippen LogP contribution in [-0.2, 0) is 0 Å². The summed E-state index contributed by atoms with van der Waals surface area (Å²) in [5, 5.41) is 45.3. The van der Waals surface area contributed by atoms with E-state index in [1.807, 2.05) is 15.7 Å². The molecule has 0 bridgehead atoms. The summed E-state index contributed by atoms with van der Waals surface area (Å²) in [7, 11) is 28.6. The Kier molecular flexibility index (Phi) is 22.5. The van der Waals surface area contributed by atoms with Crippen molar-refractivity contribution in [3.05, 3.63) is 0 Å². The third-order valence-electron chi connectivity index (χ3n) is 5.02. The van der Waals surface area contributed by atoms with E-state index in [4.69, 9.17) is 0 Å². The Balaban J connectivity index is 5.94. The summed E-state index contributed by atoms with van der Waals surface area (Å²) in [5.41, 5.74) is 0. The Hall–Kier alpha value is -0.000909. The van der Waals surface area contributed by atoms with E-state index in [1.54, 1.807) is 0 Å². The number of hydrogen-bond acceptors (Lipinski definition) is 13. The molecule has 0 saturated carbocycles. The van der Waals surface area contributed by atoms with Gasteiger partial charge in [0.15, 0.2) is 6.29 Å². The Morgan fingerprint density at radius 3 is 0.927 bits per heavy atom. The van der Waals surface area contributed by atoms with E-state index < -0.39 is 19.0 Å². The Bertz CT molecular complexity index is 632. The van der Waals surface area contributed by atoms with Crippen LogP contribution in [0, 0.1) is 0 Å². The van der Waals surface area contributed by atoms with Gasteiger partial charge in [0, 0.05) is 5.84 Å². The van der Waals surface area contributed by atoms with Gasteiger partial charge in [0.25, 0.3) is 0 Å². The molecule has 2 atom stereocenters. The number of rotatable bonds is 24. The Morgan fingerprint density at radius 2 is 0.634 bits per heavy atom. The van der Waals surface area contributed by atoms with E-state index in [1.165, 1.54) is 0 Å². The van der Waals surface area contributed by atoms with Crippen molar-refractivity contribution in [1.29, 1.82) is 0 Å². The van der Waals surface area contributed by atoms with Gasteiger partial charge in [0.2, 0.25) is 6.42 Å². The van der Waals surface area contributed by atoms with E-state index in [0.29, 0.717) is 0 Å². The van der Waals surface area contributed by atoms with Crippen LogP contribution in [0.25, 0.3) is 0 Å². The van der Waals surface area contributed by atoms with Gasteiger partial charge in [-0.25, -0.2) is 20.1 Å². The van der Waals surface area contributed by atoms with Gasteiger partial charge in [-0.05, 0) is 35.0 Å². The third kappa shape index (κ3) is 24.1. The topological polar surface area (TPSA) is 157 Å². The molecule has 0 spiro atoms. The first-order valence-corrected chi connectivity index (χ1v) is 15.4. The minimum Gasteiger partial charge on any atom is -0.302 e. The van der Waals surface area contributed by atoms with Crippen LogP contribution in [0.5, 0.6) is 0 Å². The van der Waals surface area contributed by atoms with Crippen molar-refractivity contribution in [3.63, 3.8) is 0 Å². The molecule has 0 radical (unpaired) electrons. The highest BCUT2D eigenvalue weighted by atomic mass is 19.1. The SMILES string of the molecule is BC(B)/N=N\C(NC(F)NC(NC(NC(B)B)NC(B)B)NC(NC(B)B)NC(B)B)NC(NC(B)B)NC(B)B. The van der Waals surface area contributed by atoms with Crippen LogP contribution < -0.4 is 58.5 Å². The largest absolute Gasteiger partial charge is 0.302 e. The molecule has 11 N–H and O–H groups in total. The molecule has 218 valence electrons. The molecule has 0 fully saturated rings. The van der Waals surface area contributed by atoms with E-state index in [2.05, 4.69) is 163 Å². The van der Waals surface area contributed by atoms with Crippen molar-refractivity contribution in [2.45, 2.75) is 78.8 Å². The minimum absolute atomic E-state index is 0.0345. The van der Waals surface area contributed by atoms with Crippen molar-refractivity contribution in [3.8, 4) is 0 Å². The molecular formula is C13H52B14FN13. The number of halogens is 1. The molecule has 28 heteroatoms. The molecule has 0 heterocycles. The first-order valence-electron chi connectivity index (χ1n) is 15.4. The lowest BCUT2D eigenvalue weighted by molar-refractivity contribution is 0.116. The maximum atomic E-state index is 15.8. The standard InChI is InChI=1S/C13H52B14FN13/c14-1(15)29-9(30-2(16)17)37-12(38-10(31-3(18)19)32-4(20)21)35-8(28)36-13(41-40-7(26)27)39-11(33-5(22)23)34-6(24)25/h1-13,29-39H,14-27H2/b41-40-. The first-order chi connectivity index (χ1) is 19.0. The predicted octanol–water partition coefficient (Wildman–Crippen LogP) is -18.6. The molecule has 0 aliphatic carbocycles. The van der Waals surface area contributed by atoms with Crippen LogP contribution >= 0.6 is 0 Å². The molecule has 0 amide bonds. The van der Waals surface area contributed by atoms with E-state index in [0.717, 1.165) is 0 Å². The fraction of sp³-hybridized carbons (Fsp3) is 1.00. The second kappa shape index (κ2) is 22.5. The van der Waals surface area contributed by atoms with Crippen molar-refractivity contribution >= 4 is 110 Å². The monoisotopic (exact) mass is 564 g/mol. The number of nitrogens with one attached hydrogen (secondary N) is 11. The lowest BCUT2D eigenvalue weighted by atomic mass is 9.77. The highest BCUT2D eigenvalue weighted by Crippen LogP contribution is 1.95. The summed E-state index contributed by atoms with van der Waals surface area (Å²) < 4.78 is 15.8. The van der Waals surface area contributed by atoms with E-state index in [9.17, 15) is 0 Å². The highest BCUT2D eigenvalue weighted by molar-refractivity contribution is 6.37. The molecule has 0 saturated heterocycles. The molecule has 0 aromatic rings. The number of nitrogens with zero attached hydrogens (tertiary/aromatic N) is 2. The van der Waals surface area contributed by atoms with Crippen LogP contribution in [-0.4, -0.2) is 189 Å². The smallest absolute Gasteiger partial charge is 0.210 e. The second-order valence-corrected chi connectivity index (χ2v) is 12.6. The lowest BCUT2D eigenvalue weighted by Gasteiger charge is -2.36. The van der Waals surface area contributed by atoms with Crippen LogP contribution in [0.3, 0.4) is 0 Å². The molecular weight excluding hydrogens is 509 g/mol. The zero-order chi connectivity index (χ0) is 31.7. The van der Waals surface area contributed by atoms with E-state index in [-0.39, 0.29) is 59.8 Å². The summed E-state index contributed by atoms with van der Waals surface area (Å²) in [4.78, 5) is 0. The zero-order valence-corrected chi connectivity index (χ0v) is 28.3. The first kappa shape index (κ1) is 41.0. The van der Waals surface area contributed by atoms with Crippen LogP contribution in [0.4, 0.5) is 4.39 Å². The minimum atomic E-state index is -1.65. The van der Waals surface area contributed by atoms with Gasteiger partial charge < -0.3 is 31.9 Å². The van der Waals surface area contributed by atoms with Gasteiger partial charge in [0.05, 0.1) is 0 Å². The predicted molar refractivity (Wildman–Crippen MR) is 209 cm³/mol. The van der Waals surface area contributed by atoms with Crippen LogP contribution in [0.15, 0.2) is 10.2 Å². The molecule has 13 nitrogen and oxygen atoms in total. The third-order valence-corrected chi connectivity index (χ3v) is 5.02. The van der Waals surface area contributed by atoms with Gasteiger partial charge in [-0.15, -0.1) is 0 Å². The van der Waals surface area contributed by atoms with Gasteiger partial charge in [0.1, 0.15) is 135 Å². The molecule has 2 unspecified atom stereocenters. The Morgan fingerprint density at radius 1 is 0.341 bits per heavy atom. The molecule has 0 rings (SSSR count). The summed E-state index contributed by atoms with van der Waals surface area (Å²) >= 11 is 0. The fourth-order valence-corrected chi connectivity index (χ4v) is 3.72. The van der Waals surface area contributed by atoms with Gasteiger partial charge in [-0.2, -0.15) is 5.11 Å². The fourth-order valence-electron chi connectivity index (χ4n) is 3.72. The zero-order valence-electron chi connectivity index (χ0n) is 28.3. The maximum Gasteiger partial charge on any atom is 0.210 e. The number of hydrogen-bond donors (Lipinski definition) is 11. The lowest BCUT2D eigenvalue weighted by Crippen LogP contribution is -2.73. The Labute approximate surface area is 261 Å². The van der Waals surface area contributed by atoms with Crippen LogP contribution in [0.2, 0.25) is 0 Å². The van der Waals surface area contributed by atoms with E-state index >= 15 is 4.39 Å². The number of alkyl halides is 1. The average Bonchev–Trinajstić information content (AvgIpc) is 2.74. The summed E-state index contributed by atoms with van der Waals surface area (Å²) in [6, 6.07) is 0. The van der Waals surface area contributed by atoms with Crippen molar-refractivity contribution in [2.24, 2.45) is 10.2 Å². The van der Waals surface area contributed by atoms with Crippen molar-refractivity contribution in [2.75, 3.05) is 0 Å². The van der Waals surface area contributed by atoms with Crippen LogP contribution in [0.1, 0.15) is 0 Å². The van der Waals surface area contributed by atoms with Crippen molar-refractivity contribution < 1.29 is 4.39 Å². The summed E-state index contributed by atoms with van der Waals surface area (Å²) in [5.74, 6) is 1.13. The molecule has 0 aromatic carbocycles. The molecule has 0 aromatic heterocycles. The highest BCUT2D eigenvalue weighted by Gasteiger charge is 2.25. The molecule has 0 aliphatic rings. The summed E-state index contributed by atoms with van der Waals surface area (Å²) in [6.45, 7) is 0. The average molecular weight is 561 g/mol. The summed E-state index contributed by atoms with van der Waals surface area (Å²) in [6.07, 6.45) is -4.03. The van der Waals surface area contributed by atoms with Gasteiger partial charge in [-0.3, -0.25) is 16.0 Å². The van der Waals surface area contributed by atoms with Gasteiger partial charge >= 0.3 is 0 Å². The molecule has 0 aliphatic heterocycles. The van der Waals surface area contributed by atoms with Gasteiger partial charge in [-0.1, -0.05) is 0 Å². The quantitative estimate of drug-likeness (QED) is 0.0236.